The second-order valence-corrected chi connectivity index (χ2v) is 6.16. The van der Waals surface area contributed by atoms with Crippen molar-refractivity contribution < 1.29 is 13.9 Å². The third kappa shape index (κ3) is 3.67. The number of fused-ring (bicyclic) bond motifs is 1. The van der Waals surface area contributed by atoms with Crippen molar-refractivity contribution in [3.63, 3.8) is 0 Å². The second kappa shape index (κ2) is 7.17. The Labute approximate surface area is 150 Å². The molecule has 2 aromatic carbocycles. The van der Waals surface area contributed by atoms with Gasteiger partial charge in [-0.25, -0.2) is 14.4 Å². The number of benzene rings is 2. The van der Waals surface area contributed by atoms with Gasteiger partial charge in [0.2, 0.25) is 0 Å². The van der Waals surface area contributed by atoms with E-state index in [0.717, 1.165) is 10.0 Å². The Morgan fingerprint density at radius 3 is 2.79 bits per heavy atom. The van der Waals surface area contributed by atoms with Crippen LogP contribution in [0.1, 0.15) is 15.9 Å². The average Bonchev–Trinajstić information content (AvgIpc) is 2.54. The first-order valence-corrected chi connectivity index (χ1v) is 8.12. The van der Waals surface area contributed by atoms with Gasteiger partial charge in [0, 0.05) is 16.4 Å². The summed E-state index contributed by atoms with van der Waals surface area (Å²) >= 11 is 8.79. The fourth-order valence-corrected chi connectivity index (χ4v) is 2.73. The predicted molar refractivity (Wildman–Crippen MR) is 94.3 cm³/mol. The SMILES string of the molecule is O=C(Oc1cccc(Br)c1)c1cc2cc(CNCl)ccc2oc1=O. The predicted octanol–water partition coefficient (Wildman–Crippen LogP) is 4.02. The standard InChI is InChI=1S/C17H11BrClNO4/c18-12-2-1-3-13(8-12)23-16(21)14-7-11-6-10(9-20-19)4-5-15(11)24-17(14)22/h1-8,20H,9H2. The first kappa shape index (κ1) is 16.7. The van der Waals surface area contributed by atoms with Gasteiger partial charge in [-0.1, -0.05) is 28.1 Å². The molecule has 1 N–H and O–H groups in total. The monoisotopic (exact) mass is 407 g/mol. The highest BCUT2D eigenvalue weighted by Gasteiger charge is 2.16. The van der Waals surface area contributed by atoms with E-state index in [9.17, 15) is 9.59 Å². The highest BCUT2D eigenvalue weighted by atomic mass is 79.9. The van der Waals surface area contributed by atoms with E-state index in [1.165, 1.54) is 6.07 Å². The average molecular weight is 409 g/mol. The van der Waals surface area contributed by atoms with Crippen molar-refractivity contribution in [1.29, 1.82) is 0 Å². The van der Waals surface area contributed by atoms with E-state index in [-0.39, 0.29) is 5.56 Å². The number of hydrogen-bond donors (Lipinski definition) is 1. The van der Waals surface area contributed by atoms with E-state index in [0.29, 0.717) is 23.3 Å². The fourth-order valence-electron chi connectivity index (χ4n) is 2.19. The van der Waals surface area contributed by atoms with Crippen LogP contribution in [0.4, 0.5) is 0 Å². The van der Waals surface area contributed by atoms with Crippen LogP contribution in [0.2, 0.25) is 0 Å². The Kier molecular flexibility index (Phi) is 4.99. The molecular weight excluding hydrogens is 398 g/mol. The quantitative estimate of drug-likeness (QED) is 0.306. The Morgan fingerprint density at radius 1 is 1.21 bits per heavy atom. The summed E-state index contributed by atoms with van der Waals surface area (Å²) in [6.45, 7) is 0.439. The van der Waals surface area contributed by atoms with E-state index in [1.54, 1.807) is 42.5 Å². The van der Waals surface area contributed by atoms with Gasteiger partial charge in [-0.2, -0.15) is 0 Å². The third-order valence-corrected chi connectivity index (χ3v) is 3.92. The molecule has 0 aliphatic rings. The van der Waals surface area contributed by atoms with E-state index in [2.05, 4.69) is 20.8 Å². The Morgan fingerprint density at radius 2 is 2.04 bits per heavy atom. The highest BCUT2D eigenvalue weighted by Crippen LogP contribution is 2.20. The van der Waals surface area contributed by atoms with E-state index < -0.39 is 11.6 Å². The molecule has 1 aromatic heterocycles. The minimum Gasteiger partial charge on any atom is -0.423 e. The number of ether oxygens (including phenoxy) is 1. The van der Waals surface area contributed by atoms with Gasteiger partial charge < -0.3 is 9.15 Å². The van der Waals surface area contributed by atoms with Gasteiger partial charge in [0.25, 0.3) is 0 Å². The summed E-state index contributed by atoms with van der Waals surface area (Å²) in [4.78, 5) is 26.8. The Balaban J connectivity index is 1.96. The summed E-state index contributed by atoms with van der Waals surface area (Å²) < 4.78 is 11.2. The van der Waals surface area contributed by atoms with Crippen molar-refractivity contribution in [2.45, 2.75) is 6.54 Å². The van der Waals surface area contributed by atoms with Gasteiger partial charge in [-0.3, -0.25) is 0 Å². The lowest BCUT2D eigenvalue weighted by Crippen LogP contribution is -2.18. The molecule has 24 heavy (non-hydrogen) atoms. The number of nitrogens with one attached hydrogen (secondary N) is 1. The second-order valence-electron chi connectivity index (χ2n) is 4.98. The number of hydrogen-bond acceptors (Lipinski definition) is 5. The molecule has 0 atom stereocenters. The summed E-state index contributed by atoms with van der Waals surface area (Å²) in [7, 11) is 0. The molecule has 3 aromatic rings. The minimum absolute atomic E-state index is 0.168. The molecule has 122 valence electrons. The van der Waals surface area contributed by atoms with Gasteiger partial charge >= 0.3 is 11.6 Å². The van der Waals surface area contributed by atoms with Gasteiger partial charge in [0.1, 0.15) is 16.9 Å². The first-order valence-electron chi connectivity index (χ1n) is 6.95. The lowest BCUT2D eigenvalue weighted by Gasteiger charge is -2.06. The topological polar surface area (TPSA) is 68.5 Å². The van der Waals surface area contributed by atoms with Crippen LogP contribution < -0.4 is 15.2 Å². The van der Waals surface area contributed by atoms with E-state index in [1.807, 2.05) is 0 Å². The van der Waals surface area contributed by atoms with Gasteiger partial charge in [0.05, 0.1) is 0 Å². The zero-order chi connectivity index (χ0) is 17.1. The molecular formula is C17H11BrClNO4. The first-order chi connectivity index (χ1) is 11.6. The number of carbonyl (C=O) groups is 1. The zero-order valence-corrected chi connectivity index (χ0v) is 14.6. The summed E-state index contributed by atoms with van der Waals surface area (Å²) in [5, 5.41) is 0.611. The van der Waals surface area contributed by atoms with Crippen molar-refractivity contribution in [2.24, 2.45) is 0 Å². The smallest absolute Gasteiger partial charge is 0.351 e. The van der Waals surface area contributed by atoms with Crippen LogP contribution in [0, 0.1) is 0 Å². The Bertz CT molecular complexity index is 970. The lowest BCUT2D eigenvalue weighted by molar-refractivity contribution is 0.0730. The summed E-state index contributed by atoms with van der Waals surface area (Å²) in [5.74, 6) is -0.446. The van der Waals surface area contributed by atoms with Crippen LogP contribution in [0.3, 0.4) is 0 Å². The molecule has 0 aliphatic carbocycles. The number of rotatable bonds is 4. The van der Waals surface area contributed by atoms with Gasteiger partial charge in [-0.05, 0) is 53.7 Å². The fraction of sp³-hybridized carbons (Fsp3) is 0.0588. The van der Waals surface area contributed by atoms with E-state index in [4.69, 9.17) is 20.9 Å². The third-order valence-electron chi connectivity index (χ3n) is 3.29. The molecule has 0 saturated carbocycles. The molecule has 0 spiro atoms. The van der Waals surface area contributed by atoms with Crippen molar-refractivity contribution >= 4 is 44.6 Å². The van der Waals surface area contributed by atoms with Crippen LogP contribution in [-0.2, 0) is 6.54 Å². The highest BCUT2D eigenvalue weighted by molar-refractivity contribution is 9.10. The molecule has 0 bridgehead atoms. The van der Waals surface area contributed by atoms with Crippen molar-refractivity contribution in [1.82, 2.24) is 4.84 Å². The van der Waals surface area contributed by atoms with Crippen molar-refractivity contribution in [3.8, 4) is 5.75 Å². The van der Waals surface area contributed by atoms with Crippen molar-refractivity contribution in [3.05, 3.63) is 74.6 Å². The molecule has 3 rings (SSSR count). The number of carbonyl (C=O) groups excluding carboxylic acids is 1. The summed E-state index contributed by atoms with van der Waals surface area (Å²) in [5.41, 5.74) is 0.360. The zero-order valence-electron chi connectivity index (χ0n) is 12.2. The molecule has 0 aliphatic heterocycles. The maximum absolute atomic E-state index is 12.3. The van der Waals surface area contributed by atoms with Crippen LogP contribution in [-0.4, -0.2) is 5.97 Å². The molecule has 1 heterocycles. The largest absolute Gasteiger partial charge is 0.423 e. The van der Waals surface area contributed by atoms with Gasteiger partial charge in [0.15, 0.2) is 0 Å². The number of esters is 1. The summed E-state index contributed by atoms with van der Waals surface area (Å²) in [6, 6.07) is 13.4. The normalized spacial score (nSPS) is 10.8. The molecule has 7 heteroatoms. The van der Waals surface area contributed by atoms with Crippen LogP contribution in [0.25, 0.3) is 11.0 Å². The van der Waals surface area contributed by atoms with Gasteiger partial charge in [-0.15, -0.1) is 0 Å². The van der Waals surface area contributed by atoms with Crippen LogP contribution in [0.15, 0.2) is 62.2 Å². The molecule has 0 amide bonds. The minimum atomic E-state index is -0.773. The number of halogens is 2. The molecule has 0 fully saturated rings. The maximum Gasteiger partial charge on any atom is 0.351 e. The van der Waals surface area contributed by atoms with E-state index >= 15 is 0 Å². The molecule has 0 unspecified atom stereocenters. The molecule has 0 saturated heterocycles. The summed E-state index contributed by atoms with van der Waals surface area (Å²) in [6.07, 6.45) is 0. The van der Waals surface area contributed by atoms with Crippen LogP contribution >= 0.6 is 27.7 Å². The van der Waals surface area contributed by atoms with Crippen molar-refractivity contribution in [2.75, 3.05) is 0 Å². The Hall–Kier alpha value is -2.15. The molecule has 0 radical (unpaired) electrons. The lowest BCUT2D eigenvalue weighted by atomic mass is 10.1. The molecule has 5 nitrogen and oxygen atoms in total. The maximum atomic E-state index is 12.3. The van der Waals surface area contributed by atoms with Crippen LogP contribution in [0.5, 0.6) is 5.75 Å².